The van der Waals surface area contributed by atoms with Crippen LogP contribution in [0.2, 0.25) is 0 Å². The minimum Gasteiger partial charge on any atom is -0.483 e. The zero-order chi connectivity index (χ0) is 10.1. The van der Waals surface area contributed by atoms with Gasteiger partial charge in [0.1, 0.15) is 5.75 Å². The zero-order valence-electron chi connectivity index (χ0n) is 7.27. The number of benzene rings is 1. The summed E-state index contributed by atoms with van der Waals surface area (Å²) in [6.45, 7) is -0.209. The van der Waals surface area contributed by atoms with Gasteiger partial charge in [0, 0.05) is 0 Å². The van der Waals surface area contributed by atoms with Crippen LogP contribution in [0.5, 0.6) is 5.75 Å². The van der Waals surface area contributed by atoms with Gasteiger partial charge in [-0.05, 0) is 12.1 Å². The molecule has 5 nitrogen and oxygen atoms in total. The molecule has 2 rings (SSSR count). The average molecular weight is 192 g/mol. The van der Waals surface area contributed by atoms with E-state index >= 15 is 0 Å². The monoisotopic (exact) mass is 192 g/mol. The molecule has 1 aromatic carbocycles. The number of ether oxygens (including phenoxy) is 1. The number of carbonyl (C=O) groups is 2. The molecule has 0 radical (unpaired) electrons. The van der Waals surface area contributed by atoms with E-state index in [0.29, 0.717) is 16.3 Å². The maximum absolute atomic E-state index is 11.5. The molecule has 0 unspecified atom stereocenters. The SMILES string of the molecule is NN1C(=O)COc2ccccc2C1=O. The van der Waals surface area contributed by atoms with Crippen molar-refractivity contribution in [2.24, 2.45) is 5.84 Å². The Hall–Kier alpha value is -1.88. The lowest BCUT2D eigenvalue weighted by molar-refractivity contribution is -0.130. The third kappa shape index (κ3) is 1.23. The smallest absolute Gasteiger partial charge is 0.281 e. The first-order chi connectivity index (χ1) is 6.70. The number of para-hydroxylation sites is 1. The van der Waals surface area contributed by atoms with Crippen molar-refractivity contribution in [1.29, 1.82) is 0 Å². The Morgan fingerprint density at radius 1 is 1.29 bits per heavy atom. The van der Waals surface area contributed by atoms with E-state index in [-0.39, 0.29) is 6.61 Å². The number of hydrazine groups is 1. The predicted molar refractivity (Wildman–Crippen MR) is 47.3 cm³/mol. The second-order valence-electron chi connectivity index (χ2n) is 2.85. The Morgan fingerprint density at radius 3 is 2.79 bits per heavy atom. The third-order valence-electron chi connectivity index (χ3n) is 1.96. The van der Waals surface area contributed by atoms with Crippen molar-refractivity contribution >= 4 is 11.8 Å². The zero-order valence-corrected chi connectivity index (χ0v) is 7.27. The molecule has 5 heteroatoms. The third-order valence-corrected chi connectivity index (χ3v) is 1.96. The molecule has 0 spiro atoms. The van der Waals surface area contributed by atoms with E-state index < -0.39 is 11.8 Å². The number of imide groups is 1. The number of amides is 2. The van der Waals surface area contributed by atoms with E-state index in [0.717, 1.165) is 0 Å². The second-order valence-corrected chi connectivity index (χ2v) is 2.85. The van der Waals surface area contributed by atoms with Crippen LogP contribution in [-0.2, 0) is 4.79 Å². The first kappa shape index (κ1) is 8.71. The van der Waals surface area contributed by atoms with Crippen molar-refractivity contribution in [3.05, 3.63) is 29.8 Å². The van der Waals surface area contributed by atoms with E-state index in [9.17, 15) is 9.59 Å². The van der Waals surface area contributed by atoms with Crippen LogP contribution in [0.3, 0.4) is 0 Å². The van der Waals surface area contributed by atoms with Crippen LogP contribution in [0.15, 0.2) is 24.3 Å². The maximum Gasteiger partial charge on any atom is 0.281 e. The first-order valence-corrected chi connectivity index (χ1v) is 4.04. The van der Waals surface area contributed by atoms with Gasteiger partial charge in [-0.2, -0.15) is 0 Å². The summed E-state index contributed by atoms with van der Waals surface area (Å²) in [6.07, 6.45) is 0. The van der Waals surface area contributed by atoms with Crippen molar-refractivity contribution in [1.82, 2.24) is 5.01 Å². The van der Waals surface area contributed by atoms with Gasteiger partial charge in [-0.3, -0.25) is 9.59 Å². The van der Waals surface area contributed by atoms with Gasteiger partial charge in [0.2, 0.25) is 0 Å². The van der Waals surface area contributed by atoms with Gasteiger partial charge >= 0.3 is 0 Å². The fourth-order valence-corrected chi connectivity index (χ4v) is 1.22. The molecule has 1 heterocycles. The van der Waals surface area contributed by atoms with Crippen molar-refractivity contribution in [2.45, 2.75) is 0 Å². The summed E-state index contributed by atoms with van der Waals surface area (Å²) in [5.74, 6) is 4.59. The van der Waals surface area contributed by atoms with E-state index in [1.807, 2.05) is 0 Å². The highest BCUT2D eigenvalue weighted by atomic mass is 16.5. The summed E-state index contributed by atoms with van der Waals surface area (Å²) in [7, 11) is 0. The quantitative estimate of drug-likeness (QED) is 0.354. The Morgan fingerprint density at radius 2 is 2.00 bits per heavy atom. The Labute approximate surface area is 80.0 Å². The largest absolute Gasteiger partial charge is 0.483 e. The number of fused-ring (bicyclic) bond motifs is 1. The molecule has 1 aliphatic heterocycles. The van der Waals surface area contributed by atoms with Crippen LogP contribution in [0.4, 0.5) is 0 Å². The van der Waals surface area contributed by atoms with Crippen LogP contribution in [0.25, 0.3) is 0 Å². The van der Waals surface area contributed by atoms with Crippen molar-refractivity contribution in [3.8, 4) is 5.75 Å². The molecule has 0 fully saturated rings. The molecule has 0 saturated carbocycles. The number of rotatable bonds is 0. The molecular weight excluding hydrogens is 184 g/mol. The number of nitrogens with two attached hydrogens (primary N) is 1. The van der Waals surface area contributed by atoms with Gasteiger partial charge in [0.25, 0.3) is 11.8 Å². The normalized spacial score (nSPS) is 15.9. The molecule has 1 aromatic rings. The molecule has 0 atom stereocenters. The Bertz CT molecular complexity index is 403. The lowest BCUT2D eigenvalue weighted by atomic mass is 10.2. The predicted octanol–water partition coefficient (Wildman–Crippen LogP) is -0.0785. The second kappa shape index (κ2) is 3.12. The van der Waals surface area contributed by atoms with Gasteiger partial charge in [-0.15, -0.1) is 0 Å². The summed E-state index contributed by atoms with van der Waals surface area (Å²) >= 11 is 0. The lowest BCUT2D eigenvalue weighted by Gasteiger charge is -2.09. The van der Waals surface area contributed by atoms with Crippen LogP contribution in [0, 0.1) is 0 Å². The maximum atomic E-state index is 11.5. The van der Waals surface area contributed by atoms with Crippen LogP contribution >= 0.6 is 0 Å². The topological polar surface area (TPSA) is 72.6 Å². The van der Waals surface area contributed by atoms with Crippen molar-refractivity contribution < 1.29 is 14.3 Å². The summed E-state index contributed by atoms with van der Waals surface area (Å²) in [5, 5.41) is 0.575. The minimum atomic E-state index is -0.550. The molecule has 0 saturated heterocycles. The summed E-state index contributed by atoms with van der Waals surface area (Å²) in [5.41, 5.74) is 0.306. The number of hydrogen-bond donors (Lipinski definition) is 1. The van der Waals surface area contributed by atoms with Crippen molar-refractivity contribution in [3.63, 3.8) is 0 Å². The highest BCUT2D eigenvalue weighted by Crippen LogP contribution is 2.21. The van der Waals surface area contributed by atoms with Gasteiger partial charge in [-0.25, -0.2) is 10.9 Å². The molecule has 0 aliphatic carbocycles. The van der Waals surface area contributed by atoms with Crippen LogP contribution in [0.1, 0.15) is 10.4 Å². The highest BCUT2D eigenvalue weighted by Gasteiger charge is 2.26. The molecule has 72 valence electrons. The summed E-state index contributed by atoms with van der Waals surface area (Å²) < 4.78 is 5.11. The fourth-order valence-electron chi connectivity index (χ4n) is 1.22. The van der Waals surface area contributed by atoms with Crippen LogP contribution < -0.4 is 10.6 Å². The first-order valence-electron chi connectivity index (χ1n) is 4.04. The van der Waals surface area contributed by atoms with Gasteiger partial charge in [0.05, 0.1) is 5.56 Å². The van der Waals surface area contributed by atoms with Crippen LogP contribution in [-0.4, -0.2) is 23.4 Å². The summed E-state index contributed by atoms with van der Waals surface area (Å²) in [6, 6.07) is 6.60. The average Bonchev–Trinajstić information content (AvgIpc) is 2.32. The molecule has 0 bridgehead atoms. The fraction of sp³-hybridized carbons (Fsp3) is 0.111. The molecule has 0 aromatic heterocycles. The highest BCUT2D eigenvalue weighted by molar-refractivity contribution is 6.07. The molecule has 2 amide bonds. The van der Waals surface area contributed by atoms with Crippen molar-refractivity contribution in [2.75, 3.05) is 6.61 Å². The van der Waals surface area contributed by atoms with Gasteiger partial charge < -0.3 is 4.74 Å². The molecular formula is C9H8N2O3. The number of carbonyl (C=O) groups excluding carboxylic acids is 2. The standard InChI is InChI=1S/C9H8N2O3/c10-11-8(12)5-14-7-4-2-1-3-6(7)9(11)13/h1-4H,5,10H2. The van der Waals surface area contributed by atoms with E-state index in [2.05, 4.69) is 0 Å². The molecule has 1 aliphatic rings. The van der Waals surface area contributed by atoms with E-state index in [1.165, 1.54) is 0 Å². The Kier molecular flexibility index (Phi) is 1.94. The molecule has 14 heavy (non-hydrogen) atoms. The molecule has 2 N–H and O–H groups in total. The van der Waals surface area contributed by atoms with Gasteiger partial charge in [-0.1, -0.05) is 12.1 Å². The Balaban J connectivity index is 2.50. The lowest BCUT2D eigenvalue weighted by Crippen LogP contribution is -2.43. The van der Waals surface area contributed by atoms with E-state index in [4.69, 9.17) is 10.6 Å². The summed E-state index contributed by atoms with van der Waals surface area (Å²) in [4.78, 5) is 22.7. The van der Waals surface area contributed by atoms with E-state index in [1.54, 1.807) is 24.3 Å². The number of nitrogens with zero attached hydrogens (tertiary/aromatic N) is 1. The minimum absolute atomic E-state index is 0.209. The number of hydrogen-bond acceptors (Lipinski definition) is 4. The van der Waals surface area contributed by atoms with Gasteiger partial charge in [0.15, 0.2) is 6.61 Å².